The highest BCUT2D eigenvalue weighted by Gasteiger charge is 2.20. The lowest BCUT2D eigenvalue weighted by molar-refractivity contribution is -0.125. The third kappa shape index (κ3) is 4.88. The minimum Gasteiger partial charge on any atom is -0.356 e. The van der Waals surface area contributed by atoms with Crippen LogP contribution in [-0.4, -0.2) is 12.5 Å². The number of hydrogen-bond donors (Lipinski definition) is 1. The van der Waals surface area contributed by atoms with Crippen LogP contribution in [-0.2, 0) is 4.79 Å². The number of terminal acetylenes is 1. The molecule has 0 saturated heterocycles. The van der Waals surface area contributed by atoms with Crippen LogP contribution < -0.4 is 5.32 Å². The first-order chi connectivity index (χ1) is 7.34. The first kappa shape index (κ1) is 12.1. The van der Waals surface area contributed by atoms with Crippen LogP contribution in [0.4, 0.5) is 0 Å². The van der Waals surface area contributed by atoms with Crippen molar-refractivity contribution in [1.82, 2.24) is 5.32 Å². The summed E-state index contributed by atoms with van der Waals surface area (Å²) in [5, 5.41) is 3.00. The molecular weight excluding hydrogens is 186 g/mol. The number of carbonyl (C=O) groups excluding carboxylic acids is 1. The maximum absolute atomic E-state index is 11.7. The van der Waals surface area contributed by atoms with Crippen LogP contribution in [0.1, 0.15) is 51.4 Å². The number of nitrogens with one attached hydrogen (secondary N) is 1. The quantitative estimate of drug-likeness (QED) is 0.544. The third-order valence-corrected chi connectivity index (χ3v) is 3.02. The van der Waals surface area contributed by atoms with Gasteiger partial charge in [0.15, 0.2) is 0 Å². The average Bonchev–Trinajstić information content (AvgIpc) is 2.30. The van der Waals surface area contributed by atoms with E-state index in [2.05, 4.69) is 11.2 Å². The van der Waals surface area contributed by atoms with E-state index in [0.29, 0.717) is 0 Å². The predicted molar refractivity (Wildman–Crippen MR) is 62.3 cm³/mol. The Morgan fingerprint density at radius 3 is 2.67 bits per heavy atom. The van der Waals surface area contributed by atoms with Crippen LogP contribution >= 0.6 is 0 Å². The molecule has 0 atom stereocenters. The zero-order valence-corrected chi connectivity index (χ0v) is 9.43. The summed E-state index contributed by atoms with van der Waals surface area (Å²) in [5.74, 6) is 3.15. The van der Waals surface area contributed by atoms with Crippen LogP contribution in [0, 0.1) is 18.3 Å². The zero-order chi connectivity index (χ0) is 10.9. The molecule has 0 aromatic rings. The Hall–Kier alpha value is -0.970. The van der Waals surface area contributed by atoms with E-state index in [-0.39, 0.29) is 11.8 Å². The van der Waals surface area contributed by atoms with Crippen molar-refractivity contribution in [1.29, 1.82) is 0 Å². The SMILES string of the molecule is C#CCCCCNC(=O)C1CCCCC1. The Kier molecular flexibility index (Phi) is 5.92. The molecule has 0 bridgehead atoms. The van der Waals surface area contributed by atoms with Gasteiger partial charge in [0.2, 0.25) is 5.91 Å². The molecule has 0 aliphatic heterocycles. The van der Waals surface area contributed by atoms with Gasteiger partial charge < -0.3 is 5.32 Å². The van der Waals surface area contributed by atoms with Crippen molar-refractivity contribution in [2.24, 2.45) is 5.92 Å². The summed E-state index contributed by atoms with van der Waals surface area (Å²) < 4.78 is 0. The summed E-state index contributed by atoms with van der Waals surface area (Å²) in [7, 11) is 0. The van der Waals surface area contributed by atoms with E-state index in [1.807, 2.05) is 0 Å². The monoisotopic (exact) mass is 207 g/mol. The molecule has 1 N–H and O–H groups in total. The van der Waals surface area contributed by atoms with Crippen molar-refractivity contribution in [2.75, 3.05) is 6.54 Å². The summed E-state index contributed by atoms with van der Waals surface area (Å²) in [5.41, 5.74) is 0. The van der Waals surface area contributed by atoms with Gasteiger partial charge in [0.25, 0.3) is 0 Å². The van der Waals surface area contributed by atoms with Crippen LogP contribution in [0.5, 0.6) is 0 Å². The first-order valence-corrected chi connectivity index (χ1v) is 6.06. The van der Waals surface area contributed by atoms with Gasteiger partial charge in [0, 0.05) is 18.9 Å². The normalized spacial score (nSPS) is 17.0. The van der Waals surface area contributed by atoms with E-state index >= 15 is 0 Å². The van der Waals surface area contributed by atoms with Crippen molar-refractivity contribution in [3.63, 3.8) is 0 Å². The molecule has 1 amide bonds. The fraction of sp³-hybridized carbons (Fsp3) is 0.769. The fourth-order valence-corrected chi connectivity index (χ4v) is 2.07. The van der Waals surface area contributed by atoms with Crippen molar-refractivity contribution in [3.05, 3.63) is 0 Å². The molecule has 1 aliphatic rings. The van der Waals surface area contributed by atoms with Gasteiger partial charge in [0.1, 0.15) is 0 Å². The second kappa shape index (κ2) is 7.34. The van der Waals surface area contributed by atoms with Crippen LogP contribution in [0.3, 0.4) is 0 Å². The lowest BCUT2D eigenvalue weighted by Crippen LogP contribution is -2.32. The molecule has 0 radical (unpaired) electrons. The minimum absolute atomic E-state index is 0.260. The van der Waals surface area contributed by atoms with Gasteiger partial charge in [-0.05, 0) is 25.7 Å². The molecule has 0 spiro atoms. The Labute approximate surface area is 92.8 Å². The van der Waals surface area contributed by atoms with Crippen molar-refractivity contribution >= 4 is 5.91 Å². The van der Waals surface area contributed by atoms with E-state index in [1.54, 1.807) is 0 Å². The van der Waals surface area contributed by atoms with E-state index in [1.165, 1.54) is 19.3 Å². The van der Waals surface area contributed by atoms with Gasteiger partial charge in [-0.1, -0.05) is 19.3 Å². The summed E-state index contributed by atoms with van der Waals surface area (Å²) in [6.45, 7) is 0.789. The van der Waals surface area contributed by atoms with Crippen LogP contribution in [0.2, 0.25) is 0 Å². The maximum atomic E-state index is 11.7. The van der Waals surface area contributed by atoms with Crippen molar-refractivity contribution in [2.45, 2.75) is 51.4 Å². The molecule has 2 nitrogen and oxygen atoms in total. The van der Waals surface area contributed by atoms with Crippen LogP contribution in [0.25, 0.3) is 0 Å². The fourth-order valence-electron chi connectivity index (χ4n) is 2.07. The van der Waals surface area contributed by atoms with E-state index in [4.69, 9.17) is 6.42 Å². The molecule has 1 rings (SSSR count). The lowest BCUT2D eigenvalue weighted by Gasteiger charge is -2.20. The minimum atomic E-state index is 0.260. The van der Waals surface area contributed by atoms with E-state index in [0.717, 1.165) is 38.6 Å². The number of unbranched alkanes of at least 4 members (excludes halogenated alkanes) is 2. The van der Waals surface area contributed by atoms with Gasteiger partial charge in [-0.2, -0.15) is 0 Å². The van der Waals surface area contributed by atoms with E-state index < -0.39 is 0 Å². The smallest absolute Gasteiger partial charge is 0.223 e. The number of carbonyl (C=O) groups is 1. The summed E-state index contributed by atoms with van der Waals surface area (Å²) >= 11 is 0. The van der Waals surface area contributed by atoms with Crippen molar-refractivity contribution in [3.8, 4) is 12.3 Å². The molecule has 0 aromatic carbocycles. The maximum Gasteiger partial charge on any atom is 0.223 e. The highest BCUT2D eigenvalue weighted by Crippen LogP contribution is 2.23. The molecule has 84 valence electrons. The highest BCUT2D eigenvalue weighted by atomic mass is 16.1. The predicted octanol–water partition coefficient (Wildman–Crippen LogP) is 2.49. The van der Waals surface area contributed by atoms with E-state index in [9.17, 15) is 4.79 Å². The highest BCUT2D eigenvalue weighted by molar-refractivity contribution is 5.78. The van der Waals surface area contributed by atoms with Gasteiger partial charge in [0.05, 0.1) is 0 Å². The zero-order valence-electron chi connectivity index (χ0n) is 9.43. The molecule has 15 heavy (non-hydrogen) atoms. The molecule has 1 fully saturated rings. The Morgan fingerprint density at radius 2 is 2.00 bits per heavy atom. The van der Waals surface area contributed by atoms with Gasteiger partial charge >= 0.3 is 0 Å². The largest absolute Gasteiger partial charge is 0.356 e. The Bertz CT molecular complexity index is 223. The molecule has 1 aliphatic carbocycles. The van der Waals surface area contributed by atoms with Crippen LogP contribution in [0.15, 0.2) is 0 Å². The molecular formula is C13H21NO. The number of amides is 1. The topological polar surface area (TPSA) is 29.1 Å². The average molecular weight is 207 g/mol. The number of rotatable bonds is 5. The second-order valence-electron chi connectivity index (χ2n) is 4.29. The lowest BCUT2D eigenvalue weighted by atomic mass is 9.89. The second-order valence-corrected chi connectivity index (χ2v) is 4.29. The molecule has 0 aromatic heterocycles. The molecule has 0 heterocycles. The Morgan fingerprint density at radius 1 is 1.27 bits per heavy atom. The first-order valence-electron chi connectivity index (χ1n) is 6.06. The van der Waals surface area contributed by atoms with Gasteiger partial charge in [-0.3, -0.25) is 4.79 Å². The molecule has 2 heteroatoms. The van der Waals surface area contributed by atoms with Gasteiger partial charge in [-0.25, -0.2) is 0 Å². The summed E-state index contributed by atoms with van der Waals surface area (Å²) in [6, 6.07) is 0. The number of hydrogen-bond acceptors (Lipinski definition) is 1. The summed E-state index contributed by atoms with van der Waals surface area (Å²) in [4.78, 5) is 11.7. The van der Waals surface area contributed by atoms with Gasteiger partial charge in [-0.15, -0.1) is 12.3 Å². The standard InChI is InChI=1S/C13H21NO/c1-2-3-4-8-11-14-13(15)12-9-6-5-7-10-12/h1,12H,3-11H2,(H,14,15). The van der Waals surface area contributed by atoms with Crippen molar-refractivity contribution < 1.29 is 4.79 Å². The molecule has 1 saturated carbocycles. The molecule has 0 unspecified atom stereocenters. The summed E-state index contributed by atoms with van der Waals surface area (Å²) in [6.07, 6.45) is 13.9. The third-order valence-electron chi connectivity index (χ3n) is 3.02. The Balaban J connectivity index is 2.05.